The molecular formula is C17H15FN4O4S. The molecule has 1 aromatic carbocycles. The quantitative estimate of drug-likeness (QED) is 0.374. The van der Waals surface area contributed by atoms with Crippen molar-refractivity contribution in [2.75, 3.05) is 12.9 Å². The van der Waals surface area contributed by atoms with Gasteiger partial charge in [-0.25, -0.2) is 19.2 Å². The Morgan fingerprint density at radius 3 is 2.63 bits per heavy atom. The van der Waals surface area contributed by atoms with Crippen molar-refractivity contribution in [3.8, 4) is 11.4 Å². The van der Waals surface area contributed by atoms with E-state index < -0.39 is 23.0 Å². The van der Waals surface area contributed by atoms with E-state index in [1.165, 1.54) is 44.0 Å². The second-order valence-corrected chi connectivity index (χ2v) is 6.60. The number of methoxy groups -OCH3 is 1. The Bertz CT molecular complexity index is 1170. The van der Waals surface area contributed by atoms with Crippen molar-refractivity contribution in [3.05, 3.63) is 50.9 Å². The highest BCUT2D eigenvalue weighted by molar-refractivity contribution is 8.00. The Hall–Kier alpha value is -3.01. The number of thioether (sulfide) groups is 1. The van der Waals surface area contributed by atoms with Crippen molar-refractivity contribution in [2.45, 2.75) is 5.03 Å². The number of hydrogen-bond acceptors (Lipinski definition) is 7. The summed E-state index contributed by atoms with van der Waals surface area (Å²) in [7, 11) is 4.07. The van der Waals surface area contributed by atoms with Crippen LogP contribution in [0, 0.1) is 5.82 Å². The molecule has 3 aromatic rings. The molecule has 140 valence electrons. The topological polar surface area (TPSA) is 96.1 Å². The minimum atomic E-state index is -0.578. The molecule has 10 heteroatoms. The second-order valence-electron chi connectivity index (χ2n) is 5.63. The minimum absolute atomic E-state index is 0.0861. The van der Waals surface area contributed by atoms with Gasteiger partial charge in [0.2, 0.25) is 0 Å². The highest BCUT2D eigenvalue weighted by Gasteiger charge is 2.19. The van der Waals surface area contributed by atoms with Gasteiger partial charge in [0.25, 0.3) is 5.56 Å². The summed E-state index contributed by atoms with van der Waals surface area (Å²) in [6.45, 7) is 0. The number of nitrogens with zero attached hydrogens (tertiary/aromatic N) is 4. The average Bonchev–Trinajstić information content (AvgIpc) is 2.68. The average molecular weight is 390 g/mol. The standard InChI is InChI=1S/C17H15FN4O4S/c1-21-14-12(16(24)22(2)17(21)25)15(27-8-11(23)26-3)20-13(19-14)9-5-4-6-10(18)7-9/h4-7H,8H2,1-3H3. The zero-order valence-corrected chi connectivity index (χ0v) is 15.5. The fourth-order valence-corrected chi connectivity index (χ4v) is 3.32. The van der Waals surface area contributed by atoms with Crippen molar-refractivity contribution in [1.82, 2.24) is 19.1 Å². The highest BCUT2D eigenvalue weighted by Crippen LogP contribution is 2.26. The number of halogens is 1. The summed E-state index contributed by atoms with van der Waals surface area (Å²) in [5.41, 5.74) is -0.652. The van der Waals surface area contributed by atoms with Gasteiger partial charge in [-0.05, 0) is 12.1 Å². The SMILES string of the molecule is COC(=O)CSc1nc(-c2cccc(F)c2)nc2c1c(=O)n(C)c(=O)n2C. The van der Waals surface area contributed by atoms with Gasteiger partial charge in [0, 0.05) is 19.7 Å². The first kappa shape index (κ1) is 18.8. The normalized spacial score (nSPS) is 11.0. The number of aromatic nitrogens is 4. The van der Waals surface area contributed by atoms with Crippen LogP contribution in [-0.4, -0.2) is 37.9 Å². The molecule has 0 aliphatic carbocycles. The molecule has 0 saturated carbocycles. The van der Waals surface area contributed by atoms with E-state index in [0.29, 0.717) is 5.56 Å². The first-order valence-electron chi connectivity index (χ1n) is 7.76. The maximum atomic E-state index is 13.6. The van der Waals surface area contributed by atoms with Gasteiger partial charge in [-0.2, -0.15) is 0 Å². The van der Waals surface area contributed by atoms with E-state index in [9.17, 15) is 18.8 Å². The maximum Gasteiger partial charge on any atom is 0.332 e. The maximum absolute atomic E-state index is 13.6. The lowest BCUT2D eigenvalue weighted by molar-refractivity contribution is -0.137. The van der Waals surface area contributed by atoms with E-state index in [0.717, 1.165) is 16.3 Å². The minimum Gasteiger partial charge on any atom is -0.468 e. The van der Waals surface area contributed by atoms with E-state index >= 15 is 0 Å². The molecule has 0 aliphatic heterocycles. The summed E-state index contributed by atoms with van der Waals surface area (Å²) in [5, 5.41) is 0.314. The van der Waals surface area contributed by atoms with Gasteiger partial charge < -0.3 is 4.74 Å². The molecule has 0 amide bonds. The van der Waals surface area contributed by atoms with Gasteiger partial charge in [0.15, 0.2) is 11.5 Å². The largest absolute Gasteiger partial charge is 0.468 e. The first-order chi connectivity index (χ1) is 12.8. The van der Waals surface area contributed by atoms with E-state index in [4.69, 9.17) is 0 Å². The summed E-state index contributed by atoms with van der Waals surface area (Å²) in [5.74, 6) is -0.923. The molecule has 0 saturated heterocycles. The molecule has 0 fully saturated rings. The third-order valence-corrected chi connectivity index (χ3v) is 4.85. The number of esters is 1. The lowest BCUT2D eigenvalue weighted by Crippen LogP contribution is -2.37. The summed E-state index contributed by atoms with van der Waals surface area (Å²) in [6, 6.07) is 5.64. The molecule has 2 aromatic heterocycles. The van der Waals surface area contributed by atoms with Gasteiger partial charge in [-0.1, -0.05) is 23.9 Å². The Kier molecular flexibility index (Phi) is 5.08. The van der Waals surface area contributed by atoms with Crippen LogP contribution in [0.2, 0.25) is 0 Å². The van der Waals surface area contributed by atoms with Crippen LogP contribution in [-0.2, 0) is 23.6 Å². The predicted molar refractivity (Wildman–Crippen MR) is 98.2 cm³/mol. The molecule has 0 aliphatic rings. The number of benzene rings is 1. The molecule has 0 N–H and O–H groups in total. The fourth-order valence-electron chi connectivity index (χ4n) is 2.48. The molecule has 0 atom stereocenters. The molecule has 27 heavy (non-hydrogen) atoms. The Labute approximate surface area is 156 Å². The summed E-state index contributed by atoms with van der Waals surface area (Å²) >= 11 is 0.985. The zero-order valence-electron chi connectivity index (χ0n) is 14.7. The molecule has 2 heterocycles. The van der Waals surface area contributed by atoms with E-state index in [2.05, 4.69) is 14.7 Å². The smallest absolute Gasteiger partial charge is 0.332 e. The van der Waals surface area contributed by atoms with E-state index in [-0.39, 0.29) is 27.6 Å². The van der Waals surface area contributed by atoms with Crippen LogP contribution in [0.1, 0.15) is 0 Å². The van der Waals surface area contributed by atoms with Gasteiger partial charge in [-0.3, -0.25) is 18.7 Å². The predicted octanol–water partition coefficient (Wildman–Crippen LogP) is 1.10. The van der Waals surface area contributed by atoms with Crippen LogP contribution in [0.5, 0.6) is 0 Å². The summed E-state index contributed by atoms with van der Waals surface area (Å²) in [4.78, 5) is 45.0. The van der Waals surface area contributed by atoms with Crippen LogP contribution in [0.3, 0.4) is 0 Å². The van der Waals surface area contributed by atoms with Crippen molar-refractivity contribution in [2.24, 2.45) is 14.1 Å². The van der Waals surface area contributed by atoms with Crippen molar-refractivity contribution in [1.29, 1.82) is 0 Å². The fraction of sp³-hybridized carbons (Fsp3) is 0.235. The molecule has 3 rings (SSSR count). The molecule has 0 bridgehead atoms. The lowest BCUT2D eigenvalue weighted by Gasteiger charge is -2.11. The van der Waals surface area contributed by atoms with Crippen molar-refractivity contribution in [3.63, 3.8) is 0 Å². The molecule has 8 nitrogen and oxygen atoms in total. The summed E-state index contributed by atoms with van der Waals surface area (Å²) < 4.78 is 20.4. The second kappa shape index (κ2) is 7.31. The first-order valence-corrected chi connectivity index (χ1v) is 8.75. The monoisotopic (exact) mass is 390 g/mol. The van der Waals surface area contributed by atoms with E-state index in [1.807, 2.05) is 0 Å². The van der Waals surface area contributed by atoms with Crippen LogP contribution >= 0.6 is 11.8 Å². The van der Waals surface area contributed by atoms with Gasteiger partial charge in [0.05, 0.1) is 12.9 Å². The number of ether oxygens (including phenoxy) is 1. The van der Waals surface area contributed by atoms with E-state index in [1.54, 1.807) is 6.07 Å². The number of aryl methyl sites for hydroxylation is 1. The molecule has 0 radical (unpaired) electrons. The van der Waals surface area contributed by atoms with Crippen LogP contribution in [0.15, 0.2) is 38.9 Å². The third-order valence-electron chi connectivity index (χ3n) is 3.90. The number of carbonyl (C=O) groups is 1. The lowest BCUT2D eigenvalue weighted by atomic mass is 10.2. The van der Waals surface area contributed by atoms with Crippen molar-refractivity contribution >= 4 is 28.8 Å². The molecule has 0 unspecified atom stereocenters. The number of rotatable bonds is 4. The Morgan fingerprint density at radius 1 is 1.22 bits per heavy atom. The number of hydrogen-bond donors (Lipinski definition) is 0. The van der Waals surface area contributed by atoms with Crippen molar-refractivity contribution < 1.29 is 13.9 Å². The molecule has 0 spiro atoms. The van der Waals surface area contributed by atoms with Crippen LogP contribution in [0.4, 0.5) is 4.39 Å². The third kappa shape index (κ3) is 3.47. The Morgan fingerprint density at radius 2 is 1.96 bits per heavy atom. The number of fused-ring (bicyclic) bond motifs is 1. The zero-order chi connectivity index (χ0) is 19.7. The Balaban J connectivity index is 2.33. The molecular weight excluding hydrogens is 375 g/mol. The highest BCUT2D eigenvalue weighted by atomic mass is 32.2. The van der Waals surface area contributed by atoms with Gasteiger partial charge in [0.1, 0.15) is 16.2 Å². The van der Waals surface area contributed by atoms with Crippen LogP contribution < -0.4 is 11.2 Å². The van der Waals surface area contributed by atoms with Gasteiger partial charge >= 0.3 is 11.7 Å². The summed E-state index contributed by atoms with van der Waals surface area (Å²) in [6.07, 6.45) is 0. The van der Waals surface area contributed by atoms with Crippen LogP contribution in [0.25, 0.3) is 22.4 Å². The van der Waals surface area contributed by atoms with Gasteiger partial charge in [-0.15, -0.1) is 0 Å². The number of carbonyl (C=O) groups excluding carboxylic acids is 1.